The van der Waals surface area contributed by atoms with Gasteiger partial charge in [0.25, 0.3) is 0 Å². The number of rotatable bonds is 2. The third kappa shape index (κ3) is 3.44. The standard InChI is InChI=1S/C23H22N4O5/c1-27-11-24-16-4-2-12(8-17(16)27)14-6-13(20-15(7-14)9-25-26-20)3-5-18-21(29)23(31)22(30)19(10-28)32-18/h2,4,6-9,11,18-19,21-23,28-31H,10H2,1H3,(H,25,26)/t18-,19-,21-,22-,23-/m1/s1. The molecule has 0 radical (unpaired) electrons. The van der Waals surface area contributed by atoms with Crippen LogP contribution in [0.1, 0.15) is 5.56 Å². The van der Waals surface area contributed by atoms with Crippen molar-refractivity contribution in [3.63, 3.8) is 0 Å². The van der Waals surface area contributed by atoms with Crippen molar-refractivity contribution in [2.45, 2.75) is 30.5 Å². The fourth-order valence-electron chi connectivity index (χ4n) is 4.00. The normalized spacial score (nSPS) is 25.7. The molecule has 0 saturated carbocycles. The highest BCUT2D eigenvalue weighted by Gasteiger charge is 2.42. The second-order valence-electron chi connectivity index (χ2n) is 7.94. The van der Waals surface area contributed by atoms with Crippen molar-refractivity contribution in [1.82, 2.24) is 19.7 Å². The Bertz CT molecular complexity index is 1350. The fourth-order valence-corrected chi connectivity index (χ4v) is 4.00. The number of aliphatic hydroxyl groups is 4. The van der Waals surface area contributed by atoms with Crippen LogP contribution in [-0.2, 0) is 11.8 Å². The third-order valence-electron chi connectivity index (χ3n) is 5.85. The van der Waals surface area contributed by atoms with Crippen molar-refractivity contribution >= 4 is 21.9 Å². The van der Waals surface area contributed by atoms with Gasteiger partial charge in [-0.3, -0.25) is 5.10 Å². The Morgan fingerprint density at radius 2 is 1.94 bits per heavy atom. The zero-order valence-corrected chi connectivity index (χ0v) is 17.2. The molecule has 9 heteroatoms. The van der Waals surface area contributed by atoms with Crippen LogP contribution in [0.25, 0.3) is 33.1 Å². The van der Waals surface area contributed by atoms with E-state index in [1.807, 2.05) is 35.9 Å². The Morgan fingerprint density at radius 1 is 1.09 bits per heavy atom. The van der Waals surface area contributed by atoms with Gasteiger partial charge >= 0.3 is 0 Å². The molecule has 1 fully saturated rings. The number of H-pyrrole nitrogens is 1. The van der Waals surface area contributed by atoms with Gasteiger partial charge in [-0.2, -0.15) is 5.10 Å². The number of ether oxygens (including phenoxy) is 1. The fraction of sp³-hybridized carbons (Fsp3) is 0.304. The van der Waals surface area contributed by atoms with Crippen LogP contribution >= 0.6 is 0 Å². The largest absolute Gasteiger partial charge is 0.394 e. The number of fused-ring (bicyclic) bond motifs is 2. The molecule has 2 aromatic carbocycles. The Kier molecular flexibility index (Phi) is 5.17. The molecular formula is C23H22N4O5. The molecular weight excluding hydrogens is 412 g/mol. The van der Waals surface area contributed by atoms with Gasteiger partial charge in [0.15, 0.2) is 0 Å². The van der Waals surface area contributed by atoms with Gasteiger partial charge in [0.1, 0.15) is 30.5 Å². The molecule has 1 aliphatic heterocycles. The number of hydrogen-bond acceptors (Lipinski definition) is 7. The van der Waals surface area contributed by atoms with Crippen LogP contribution in [0.3, 0.4) is 0 Å². The Labute approximate surface area is 182 Å². The molecule has 4 aromatic rings. The number of imidazole rings is 1. The number of nitrogens with one attached hydrogen (secondary N) is 1. The number of aliphatic hydroxyl groups excluding tert-OH is 4. The molecule has 5 N–H and O–H groups in total. The first-order chi connectivity index (χ1) is 15.5. The predicted octanol–water partition coefficient (Wildman–Crippen LogP) is 0.310. The van der Waals surface area contributed by atoms with E-state index < -0.39 is 37.1 Å². The van der Waals surface area contributed by atoms with Crippen molar-refractivity contribution in [2.75, 3.05) is 6.61 Å². The second kappa shape index (κ2) is 8.02. The summed E-state index contributed by atoms with van der Waals surface area (Å²) in [7, 11) is 1.94. The highest BCUT2D eigenvalue weighted by molar-refractivity contribution is 5.91. The first-order valence-electron chi connectivity index (χ1n) is 10.2. The van der Waals surface area contributed by atoms with Gasteiger partial charge in [-0.25, -0.2) is 4.98 Å². The van der Waals surface area contributed by atoms with Crippen molar-refractivity contribution < 1.29 is 25.2 Å². The van der Waals surface area contributed by atoms with Crippen LogP contribution in [0, 0.1) is 11.8 Å². The average Bonchev–Trinajstić information content (AvgIpc) is 3.43. The summed E-state index contributed by atoms with van der Waals surface area (Å²) in [6.07, 6.45) is -2.89. The summed E-state index contributed by atoms with van der Waals surface area (Å²) < 4.78 is 7.45. The van der Waals surface area contributed by atoms with Gasteiger partial charge in [-0.1, -0.05) is 17.9 Å². The van der Waals surface area contributed by atoms with Crippen LogP contribution in [-0.4, -0.2) is 77.3 Å². The second-order valence-corrected chi connectivity index (χ2v) is 7.94. The van der Waals surface area contributed by atoms with Crippen LogP contribution in [0.15, 0.2) is 42.9 Å². The minimum absolute atomic E-state index is 0.500. The Morgan fingerprint density at radius 3 is 2.75 bits per heavy atom. The highest BCUT2D eigenvalue weighted by atomic mass is 16.5. The topological polar surface area (TPSA) is 137 Å². The first kappa shape index (κ1) is 20.6. The molecule has 164 valence electrons. The van der Waals surface area contributed by atoms with Crippen molar-refractivity contribution in [1.29, 1.82) is 0 Å². The van der Waals surface area contributed by atoms with Crippen LogP contribution < -0.4 is 0 Å². The van der Waals surface area contributed by atoms with E-state index in [4.69, 9.17) is 4.74 Å². The Balaban J connectivity index is 1.55. The lowest BCUT2D eigenvalue weighted by atomic mass is 9.95. The minimum atomic E-state index is -1.47. The molecule has 1 aliphatic rings. The number of aromatic nitrogens is 4. The molecule has 0 spiro atoms. The summed E-state index contributed by atoms with van der Waals surface area (Å²) in [6.45, 7) is -0.500. The molecule has 0 unspecified atom stereocenters. The van der Waals surface area contributed by atoms with E-state index in [2.05, 4.69) is 33.1 Å². The third-order valence-corrected chi connectivity index (χ3v) is 5.85. The van der Waals surface area contributed by atoms with Crippen molar-refractivity contribution in [3.05, 3.63) is 48.4 Å². The molecule has 0 bridgehead atoms. The molecule has 5 atom stereocenters. The maximum absolute atomic E-state index is 10.3. The lowest BCUT2D eigenvalue weighted by molar-refractivity contribution is -0.214. The molecule has 1 saturated heterocycles. The lowest BCUT2D eigenvalue weighted by Gasteiger charge is -2.37. The van der Waals surface area contributed by atoms with E-state index in [1.165, 1.54) is 0 Å². The Hall–Kier alpha value is -3.26. The minimum Gasteiger partial charge on any atom is -0.394 e. The number of aryl methyl sites for hydroxylation is 1. The predicted molar refractivity (Wildman–Crippen MR) is 116 cm³/mol. The zero-order valence-electron chi connectivity index (χ0n) is 17.2. The zero-order chi connectivity index (χ0) is 22.4. The number of hydrogen-bond donors (Lipinski definition) is 5. The number of benzene rings is 2. The van der Waals surface area contributed by atoms with Gasteiger partial charge in [0, 0.05) is 12.4 Å². The van der Waals surface area contributed by atoms with Crippen molar-refractivity contribution in [2.24, 2.45) is 7.05 Å². The number of nitrogens with zero attached hydrogens (tertiary/aromatic N) is 3. The smallest absolute Gasteiger partial charge is 0.147 e. The van der Waals surface area contributed by atoms with Crippen LogP contribution in [0.4, 0.5) is 0 Å². The van der Waals surface area contributed by atoms with E-state index in [0.717, 1.165) is 33.1 Å². The number of aromatic amines is 1. The van der Waals surface area contributed by atoms with E-state index in [9.17, 15) is 20.4 Å². The SMILES string of the molecule is Cn1cnc2ccc(-c3cc(C#C[C@H]4O[C@H](CO)[C@@H](O)[C@H](O)[C@@H]4O)c4[nH]ncc4c3)cc21. The highest BCUT2D eigenvalue weighted by Crippen LogP contribution is 2.29. The summed E-state index contributed by atoms with van der Waals surface area (Å²) in [6, 6.07) is 9.93. The first-order valence-corrected chi connectivity index (χ1v) is 10.2. The maximum Gasteiger partial charge on any atom is 0.147 e. The summed E-state index contributed by atoms with van der Waals surface area (Å²) >= 11 is 0. The van der Waals surface area contributed by atoms with E-state index in [-0.39, 0.29) is 0 Å². The summed E-state index contributed by atoms with van der Waals surface area (Å²) in [5.41, 5.74) is 5.19. The van der Waals surface area contributed by atoms with Crippen LogP contribution in [0.2, 0.25) is 0 Å². The van der Waals surface area contributed by atoms with Crippen molar-refractivity contribution in [3.8, 4) is 23.0 Å². The molecule has 5 rings (SSSR count). The molecule has 2 aromatic heterocycles. The molecule has 0 aliphatic carbocycles. The summed E-state index contributed by atoms with van der Waals surface area (Å²) in [5.74, 6) is 5.84. The van der Waals surface area contributed by atoms with E-state index >= 15 is 0 Å². The quantitative estimate of drug-likeness (QED) is 0.287. The van der Waals surface area contributed by atoms with Gasteiger partial charge in [-0.05, 0) is 35.4 Å². The molecule has 9 nitrogen and oxygen atoms in total. The monoisotopic (exact) mass is 434 g/mol. The molecule has 32 heavy (non-hydrogen) atoms. The van der Waals surface area contributed by atoms with Gasteiger partial charge in [0.05, 0.1) is 41.2 Å². The average molecular weight is 434 g/mol. The lowest BCUT2D eigenvalue weighted by Crippen LogP contribution is -2.58. The van der Waals surface area contributed by atoms with Gasteiger partial charge in [-0.15, -0.1) is 0 Å². The van der Waals surface area contributed by atoms with Crippen LogP contribution in [0.5, 0.6) is 0 Å². The molecule has 0 amide bonds. The summed E-state index contributed by atoms with van der Waals surface area (Å²) in [4.78, 5) is 4.36. The van der Waals surface area contributed by atoms with E-state index in [1.54, 1.807) is 12.5 Å². The maximum atomic E-state index is 10.3. The van der Waals surface area contributed by atoms with Gasteiger partial charge < -0.3 is 29.7 Å². The van der Waals surface area contributed by atoms with E-state index in [0.29, 0.717) is 5.56 Å². The molecule has 3 heterocycles. The van der Waals surface area contributed by atoms with Gasteiger partial charge in [0.2, 0.25) is 0 Å². The summed E-state index contributed by atoms with van der Waals surface area (Å²) in [5, 5.41) is 47.5.